The largest absolute Gasteiger partial charge is 0.481 e. The Balaban J connectivity index is 2.32. The molecule has 0 aromatic carbocycles. The normalized spacial score (nSPS) is 10.8. The van der Waals surface area contributed by atoms with Crippen LogP contribution < -0.4 is 4.90 Å². The van der Waals surface area contributed by atoms with E-state index < -0.39 is 5.97 Å². The van der Waals surface area contributed by atoms with E-state index in [1.807, 2.05) is 11.5 Å². The number of aryl methyl sites for hydroxylation is 1. The van der Waals surface area contributed by atoms with E-state index in [2.05, 4.69) is 15.0 Å². The van der Waals surface area contributed by atoms with Crippen molar-refractivity contribution in [1.29, 1.82) is 0 Å². The Bertz CT molecular complexity index is 566. The first-order valence-electron chi connectivity index (χ1n) is 5.72. The molecule has 0 aliphatic rings. The fourth-order valence-electron chi connectivity index (χ4n) is 1.75. The molecule has 96 valence electrons. The van der Waals surface area contributed by atoms with Crippen LogP contribution in [0.3, 0.4) is 0 Å². The highest BCUT2D eigenvalue weighted by atomic mass is 16.4. The number of imidazole rings is 1. The minimum atomic E-state index is -0.828. The van der Waals surface area contributed by atoms with E-state index in [9.17, 15) is 4.79 Å². The second-order valence-electron chi connectivity index (χ2n) is 3.97. The molecule has 0 aliphatic carbocycles. The molecule has 2 aromatic rings. The lowest BCUT2D eigenvalue weighted by atomic mass is 10.3. The van der Waals surface area contributed by atoms with E-state index >= 15 is 0 Å². The van der Waals surface area contributed by atoms with Crippen molar-refractivity contribution in [3.8, 4) is 0 Å². The Morgan fingerprint density at radius 3 is 2.89 bits per heavy atom. The Morgan fingerprint density at radius 1 is 1.44 bits per heavy atom. The predicted octanol–water partition coefficient (Wildman–Crippen LogP) is 0.757. The molecule has 2 aromatic heterocycles. The fourth-order valence-corrected chi connectivity index (χ4v) is 1.75. The monoisotopic (exact) mass is 249 g/mol. The molecule has 0 spiro atoms. The lowest BCUT2D eigenvalue weighted by molar-refractivity contribution is -0.136. The second-order valence-corrected chi connectivity index (χ2v) is 3.97. The Labute approximate surface area is 104 Å². The zero-order valence-electron chi connectivity index (χ0n) is 10.4. The molecule has 0 amide bonds. The predicted molar refractivity (Wildman–Crippen MR) is 66.5 cm³/mol. The summed E-state index contributed by atoms with van der Waals surface area (Å²) in [4.78, 5) is 25.0. The number of nitrogens with zero attached hydrogens (tertiary/aromatic N) is 5. The van der Waals surface area contributed by atoms with Crippen LogP contribution in [-0.4, -0.2) is 44.2 Å². The van der Waals surface area contributed by atoms with Crippen LogP contribution in [0.25, 0.3) is 11.2 Å². The average molecular weight is 249 g/mol. The molecule has 0 unspecified atom stereocenters. The number of hydrogen-bond acceptors (Lipinski definition) is 5. The van der Waals surface area contributed by atoms with E-state index in [1.165, 1.54) is 6.33 Å². The van der Waals surface area contributed by atoms with Crippen LogP contribution >= 0.6 is 0 Å². The van der Waals surface area contributed by atoms with Crippen molar-refractivity contribution in [2.75, 3.05) is 18.5 Å². The summed E-state index contributed by atoms with van der Waals surface area (Å²) in [7, 11) is 1.80. The first-order chi connectivity index (χ1) is 8.63. The van der Waals surface area contributed by atoms with Gasteiger partial charge in [-0.15, -0.1) is 0 Å². The molecule has 0 saturated carbocycles. The summed E-state index contributed by atoms with van der Waals surface area (Å²) in [6.45, 7) is 3.18. The molecule has 18 heavy (non-hydrogen) atoms. The Morgan fingerprint density at radius 2 is 2.22 bits per heavy atom. The molecule has 1 N–H and O–H groups in total. The van der Waals surface area contributed by atoms with Gasteiger partial charge in [-0.3, -0.25) is 4.79 Å². The molecule has 0 saturated heterocycles. The number of anilines is 1. The molecule has 0 aliphatic heterocycles. The second kappa shape index (κ2) is 4.99. The zero-order valence-corrected chi connectivity index (χ0v) is 10.4. The van der Waals surface area contributed by atoms with Crippen molar-refractivity contribution in [1.82, 2.24) is 19.5 Å². The maximum absolute atomic E-state index is 10.6. The summed E-state index contributed by atoms with van der Waals surface area (Å²) in [6.07, 6.45) is 3.26. The van der Waals surface area contributed by atoms with Gasteiger partial charge in [0.05, 0.1) is 12.7 Å². The standard InChI is InChI=1S/C11H15N5O2/c1-3-16-7-14-9-10(12-6-13-11(9)16)15(2)5-4-8(17)18/h6-7H,3-5H2,1-2H3,(H,17,18). The molecule has 0 bridgehead atoms. The van der Waals surface area contributed by atoms with Gasteiger partial charge >= 0.3 is 5.97 Å². The number of carboxylic acids is 1. The van der Waals surface area contributed by atoms with Crippen LogP contribution in [0.2, 0.25) is 0 Å². The molecule has 0 atom stereocenters. The van der Waals surface area contributed by atoms with Crippen molar-refractivity contribution in [3.05, 3.63) is 12.7 Å². The van der Waals surface area contributed by atoms with E-state index in [-0.39, 0.29) is 6.42 Å². The highest BCUT2D eigenvalue weighted by molar-refractivity contribution is 5.83. The van der Waals surface area contributed by atoms with E-state index in [4.69, 9.17) is 5.11 Å². The van der Waals surface area contributed by atoms with E-state index in [1.54, 1.807) is 18.3 Å². The Hall–Kier alpha value is -2.18. The highest BCUT2D eigenvalue weighted by Crippen LogP contribution is 2.20. The molecule has 2 rings (SSSR count). The van der Waals surface area contributed by atoms with Gasteiger partial charge in [0.25, 0.3) is 0 Å². The molecular weight excluding hydrogens is 234 g/mol. The van der Waals surface area contributed by atoms with Crippen LogP contribution in [0.15, 0.2) is 12.7 Å². The van der Waals surface area contributed by atoms with Crippen molar-refractivity contribution in [2.24, 2.45) is 0 Å². The van der Waals surface area contributed by atoms with Crippen molar-refractivity contribution in [3.63, 3.8) is 0 Å². The topological polar surface area (TPSA) is 84.1 Å². The van der Waals surface area contributed by atoms with Crippen LogP contribution in [0.5, 0.6) is 0 Å². The first-order valence-corrected chi connectivity index (χ1v) is 5.72. The van der Waals surface area contributed by atoms with Gasteiger partial charge in [-0.05, 0) is 6.92 Å². The van der Waals surface area contributed by atoms with Gasteiger partial charge in [-0.1, -0.05) is 0 Å². The average Bonchev–Trinajstić information content (AvgIpc) is 2.78. The van der Waals surface area contributed by atoms with Gasteiger partial charge in [-0.2, -0.15) is 0 Å². The first kappa shape index (κ1) is 12.3. The number of hydrogen-bond donors (Lipinski definition) is 1. The van der Waals surface area contributed by atoms with Gasteiger partial charge < -0.3 is 14.6 Å². The van der Waals surface area contributed by atoms with E-state index in [0.717, 1.165) is 12.2 Å². The number of aliphatic carboxylic acids is 1. The third-order valence-corrected chi connectivity index (χ3v) is 2.75. The maximum Gasteiger partial charge on any atom is 0.305 e. The minimum absolute atomic E-state index is 0.0660. The van der Waals surface area contributed by atoms with Gasteiger partial charge in [0.2, 0.25) is 0 Å². The lowest BCUT2D eigenvalue weighted by Gasteiger charge is -2.16. The molecular formula is C11H15N5O2. The zero-order chi connectivity index (χ0) is 13.1. The van der Waals surface area contributed by atoms with Crippen molar-refractivity contribution >= 4 is 23.0 Å². The highest BCUT2D eigenvalue weighted by Gasteiger charge is 2.13. The van der Waals surface area contributed by atoms with Gasteiger partial charge in [0.15, 0.2) is 17.0 Å². The third-order valence-electron chi connectivity index (χ3n) is 2.75. The summed E-state index contributed by atoms with van der Waals surface area (Å²) in [5.41, 5.74) is 1.47. The number of carboxylic acid groups (broad SMARTS) is 1. The van der Waals surface area contributed by atoms with Gasteiger partial charge in [0.1, 0.15) is 6.33 Å². The third kappa shape index (κ3) is 2.24. The summed E-state index contributed by atoms with van der Waals surface area (Å²) in [6, 6.07) is 0. The van der Waals surface area contributed by atoms with E-state index in [0.29, 0.717) is 17.9 Å². The lowest BCUT2D eigenvalue weighted by Crippen LogP contribution is -2.22. The molecule has 7 nitrogen and oxygen atoms in total. The molecule has 7 heteroatoms. The summed E-state index contributed by atoms with van der Waals surface area (Å²) < 4.78 is 1.92. The van der Waals surface area contributed by atoms with Gasteiger partial charge in [-0.25, -0.2) is 15.0 Å². The van der Waals surface area contributed by atoms with Crippen LogP contribution in [0.4, 0.5) is 5.82 Å². The number of aromatic nitrogens is 4. The number of rotatable bonds is 5. The minimum Gasteiger partial charge on any atom is -0.481 e. The maximum atomic E-state index is 10.6. The molecule has 0 fully saturated rings. The SMILES string of the molecule is CCn1cnc2c(N(C)CCC(=O)O)ncnc21. The van der Waals surface area contributed by atoms with Crippen molar-refractivity contribution < 1.29 is 9.90 Å². The molecule has 2 heterocycles. The fraction of sp³-hybridized carbons (Fsp3) is 0.455. The molecule has 0 radical (unpaired) electrons. The van der Waals surface area contributed by atoms with Crippen LogP contribution in [-0.2, 0) is 11.3 Å². The summed E-state index contributed by atoms with van der Waals surface area (Å²) >= 11 is 0. The Kier molecular flexibility index (Phi) is 3.40. The summed E-state index contributed by atoms with van der Waals surface area (Å²) in [5.74, 6) is -0.167. The van der Waals surface area contributed by atoms with Crippen molar-refractivity contribution in [2.45, 2.75) is 19.9 Å². The smallest absolute Gasteiger partial charge is 0.305 e. The quantitative estimate of drug-likeness (QED) is 0.842. The van der Waals surface area contributed by atoms with Crippen LogP contribution in [0, 0.1) is 0 Å². The van der Waals surface area contributed by atoms with Gasteiger partial charge in [0, 0.05) is 20.1 Å². The number of fused-ring (bicyclic) bond motifs is 1. The van der Waals surface area contributed by atoms with Crippen LogP contribution in [0.1, 0.15) is 13.3 Å². The number of carbonyl (C=O) groups is 1. The summed E-state index contributed by atoms with van der Waals surface area (Å²) in [5, 5.41) is 8.69.